The molecule has 1 aliphatic carbocycles. The normalized spacial score (nSPS) is 23.6. The minimum atomic E-state index is -1.07. The van der Waals surface area contributed by atoms with Crippen molar-refractivity contribution in [2.45, 2.75) is 37.1 Å². The highest BCUT2D eigenvalue weighted by Gasteiger charge is 2.58. The topological polar surface area (TPSA) is 77.1 Å². The molecule has 0 bridgehead atoms. The first kappa shape index (κ1) is 18.5. The van der Waals surface area contributed by atoms with Crippen LogP contribution in [0.4, 0.5) is 5.69 Å². The van der Waals surface area contributed by atoms with Crippen molar-refractivity contribution >= 4 is 17.5 Å². The van der Waals surface area contributed by atoms with Gasteiger partial charge in [-0.1, -0.05) is 18.9 Å². The number of amides is 2. The summed E-state index contributed by atoms with van der Waals surface area (Å²) in [6.07, 6.45) is 4.27. The first-order valence-corrected chi connectivity index (χ1v) is 10.9. The van der Waals surface area contributed by atoms with E-state index in [1.807, 2.05) is 24.3 Å². The summed E-state index contributed by atoms with van der Waals surface area (Å²) >= 11 is 0. The predicted octanol–water partition coefficient (Wildman–Crippen LogP) is 2.79. The fourth-order valence-corrected chi connectivity index (χ4v) is 5.46. The van der Waals surface area contributed by atoms with Crippen LogP contribution in [0.1, 0.15) is 47.2 Å². The Morgan fingerprint density at radius 2 is 1.81 bits per heavy atom. The number of anilines is 1. The Labute approximate surface area is 180 Å². The number of benzene rings is 2. The lowest BCUT2D eigenvalue weighted by Crippen LogP contribution is -2.42. The van der Waals surface area contributed by atoms with Gasteiger partial charge in [-0.3, -0.25) is 9.59 Å². The van der Waals surface area contributed by atoms with Gasteiger partial charge in [-0.05, 0) is 31.0 Å². The minimum absolute atomic E-state index is 0.0981. The van der Waals surface area contributed by atoms with Crippen molar-refractivity contribution in [2.75, 3.05) is 31.8 Å². The van der Waals surface area contributed by atoms with Gasteiger partial charge in [0, 0.05) is 41.5 Å². The molecule has 0 saturated heterocycles. The van der Waals surface area contributed by atoms with Crippen LogP contribution in [0.3, 0.4) is 0 Å². The average molecular weight is 420 g/mol. The number of hydrogen-bond acceptors (Lipinski definition) is 5. The Balaban J connectivity index is 1.51. The monoisotopic (exact) mass is 420 g/mol. The van der Waals surface area contributed by atoms with Gasteiger partial charge >= 0.3 is 0 Å². The molecule has 3 aliphatic heterocycles. The van der Waals surface area contributed by atoms with Gasteiger partial charge in [-0.2, -0.15) is 0 Å². The second kappa shape index (κ2) is 6.64. The number of carbonyl (C=O) groups is 2. The third-order valence-electron chi connectivity index (χ3n) is 6.98. The number of rotatable bonds is 2. The predicted molar refractivity (Wildman–Crippen MR) is 113 cm³/mol. The van der Waals surface area contributed by atoms with Crippen molar-refractivity contribution in [1.29, 1.82) is 0 Å². The van der Waals surface area contributed by atoms with Gasteiger partial charge in [-0.15, -0.1) is 0 Å². The van der Waals surface area contributed by atoms with E-state index >= 15 is 0 Å². The Kier molecular flexibility index (Phi) is 3.97. The SMILES string of the molecule is CN1C(=O)C2(COc3cc4c(cc32)OCCO4)c2c(C(=O)NC3CCCC3)cccc21. The number of hydrogen-bond donors (Lipinski definition) is 1. The highest BCUT2D eigenvalue weighted by atomic mass is 16.6. The van der Waals surface area contributed by atoms with E-state index < -0.39 is 5.41 Å². The molecule has 0 aromatic heterocycles. The Hall–Kier alpha value is -3.22. The fraction of sp³-hybridized carbons (Fsp3) is 0.417. The molecule has 7 nitrogen and oxygen atoms in total. The van der Waals surface area contributed by atoms with Gasteiger partial charge in [0.05, 0.1) is 0 Å². The number of nitrogens with zero attached hydrogens (tertiary/aromatic N) is 1. The molecule has 1 atom stereocenters. The molecular weight excluding hydrogens is 396 g/mol. The van der Waals surface area contributed by atoms with Crippen molar-refractivity contribution in [1.82, 2.24) is 5.32 Å². The summed E-state index contributed by atoms with van der Waals surface area (Å²) in [6.45, 7) is 1.08. The maximum Gasteiger partial charge on any atom is 0.251 e. The van der Waals surface area contributed by atoms with Gasteiger partial charge in [-0.25, -0.2) is 0 Å². The standard InChI is InChI=1S/C24H24N2O5/c1-26-17-8-4-7-15(22(27)25-14-5-2-3-6-14)21(17)24(23(26)28)13-31-18-12-20-19(11-16(18)24)29-9-10-30-20/h4,7-8,11-12,14H,2-3,5-6,9-10,13H2,1H3,(H,25,27). The van der Waals surface area contributed by atoms with Gasteiger partial charge in [0.15, 0.2) is 11.5 Å². The van der Waals surface area contributed by atoms with Crippen LogP contribution < -0.4 is 24.4 Å². The van der Waals surface area contributed by atoms with E-state index in [2.05, 4.69) is 5.32 Å². The summed E-state index contributed by atoms with van der Waals surface area (Å²) in [5.74, 6) is 1.60. The van der Waals surface area contributed by atoms with Gasteiger partial charge in [0.1, 0.15) is 31.0 Å². The van der Waals surface area contributed by atoms with Crippen LogP contribution in [0.5, 0.6) is 17.2 Å². The van der Waals surface area contributed by atoms with E-state index in [4.69, 9.17) is 14.2 Å². The third-order valence-corrected chi connectivity index (χ3v) is 6.98. The van der Waals surface area contributed by atoms with Crippen LogP contribution in [-0.4, -0.2) is 44.7 Å². The van der Waals surface area contributed by atoms with E-state index in [1.54, 1.807) is 18.0 Å². The molecule has 4 aliphatic rings. The first-order chi connectivity index (χ1) is 15.1. The quantitative estimate of drug-likeness (QED) is 0.809. The molecule has 2 aromatic carbocycles. The zero-order valence-electron chi connectivity index (χ0n) is 17.4. The maximum absolute atomic E-state index is 13.7. The highest BCUT2D eigenvalue weighted by Crippen LogP contribution is 2.55. The molecule has 31 heavy (non-hydrogen) atoms. The summed E-state index contributed by atoms with van der Waals surface area (Å²) in [7, 11) is 1.75. The van der Waals surface area contributed by atoms with Crippen LogP contribution in [0.25, 0.3) is 0 Å². The number of nitrogens with one attached hydrogen (secondary N) is 1. The van der Waals surface area contributed by atoms with E-state index in [0.29, 0.717) is 41.6 Å². The molecule has 160 valence electrons. The number of likely N-dealkylation sites (N-methyl/N-ethyl adjacent to an activating group) is 1. The lowest BCUT2D eigenvalue weighted by atomic mass is 9.75. The molecule has 1 unspecified atom stereocenters. The molecule has 1 N–H and O–H groups in total. The second-order valence-corrected chi connectivity index (χ2v) is 8.70. The van der Waals surface area contributed by atoms with Crippen LogP contribution in [0.15, 0.2) is 30.3 Å². The maximum atomic E-state index is 13.7. The largest absolute Gasteiger partial charge is 0.491 e. The van der Waals surface area contributed by atoms with Crippen LogP contribution in [0, 0.1) is 0 Å². The smallest absolute Gasteiger partial charge is 0.251 e. The van der Waals surface area contributed by atoms with Crippen molar-refractivity contribution in [3.8, 4) is 17.2 Å². The highest BCUT2D eigenvalue weighted by molar-refractivity contribution is 6.14. The lowest BCUT2D eigenvalue weighted by Gasteiger charge is -2.25. The fourth-order valence-electron chi connectivity index (χ4n) is 5.46. The second-order valence-electron chi connectivity index (χ2n) is 8.70. The summed E-state index contributed by atoms with van der Waals surface area (Å²) < 4.78 is 17.5. The summed E-state index contributed by atoms with van der Waals surface area (Å²) in [6, 6.07) is 9.39. The van der Waals surface area contributed by atoms with Crippen LogP contribution in [-0.2, 0) is 10.2 Å². The summed E-state index contributed by atoms with van der Waals surface area (Å²) in [5.41, 5.74) is 1.66. The van der Waals surface area contributed by atoms with Gasteiger partial charge in [0.25, 0.3) is 5.91 Å². The third kappa shape index (κ3) is 2.52. The minimum Gasteiger partial charge on any atom is -0.491 e. The van der Waals surface area contributed by atoms with E-state index in [1.165, 1.54) is 0 Å². The molecule has 6 rings (SSSR count). The molecular formula is C24H24N2O5. The molecule has 3 heterocycles. The molecule has 0 radical (unpaired) electrons. The van der Waals surface area contributed by atoms with E-state index in [-0.39, 0.29) is 24.5 Å². The number of carbonyl (C=O) groups excluding carboxylic acids is 2. The average Bonchev–Trinajstić information content (AvgIpc) is 3.48. The first-order valence-electron chi connectivity index (χ1n) is 10.9. The lowest BCUT2D eigenvalue weighted by molar-refractivity contribution is -0.121. The molecule has 7 heteroatoms. The Morgan fingerprint density at radius 1 is 1.06 bits per heavy atom. The van der Waals surface area contributed by atoms with E-state index in [9.17, 15) is 9.59 Å². The summed E-state index contributed by atoms with van der Waals surface area (Å²) in [5, 5.41) is 3.18. The van der Waals surface area contributed by atoms with Crippen molar-refractivity contribution in [2.24, 2.45) is 0 Å². The zero-order chi connectivity index (χ0) is 21.2. The zero-order valence-corrected chi connectivity index (χ0v) is 17.4. The van der Waals surface area contributed by atoms with Crippen molar-refractivity contribution in [3.63, 3.8) is 0 Å². The molecule has 1 saturated carbocycles. The molecule has 2 amide bonds. The van der Waals surface area contributed by atoms with Gasteiger partial charge in [0.2, 0.25) is 5.91 Å². The van der Waals surface area contributed by atoms with E-state index in [0.717, 1.165) is 36.9 Å². The van der Waals surface area contributed by atoms with Crippen molar-refractivity contribution < 1.29 is 23.8 Å². The van der Waals surface area contributed by atoms with Crippen LogP contribution in [0.2, 0.25) is 0 Å². The number of fused-ring (bicyclic) bond motifs is 5. The number of ether oxygens (including phenoxy) is 3. The molecule has 1 spiro atoms. The summed E-state index contributed by atoms with van der Waals surface area (Å²) in [4.78, 5) is 28.6. The van der Waals surface area contributed by atoms with Crippen LogP contribution >= 0.6 is 0 Å². The van der Waals surface area contributed by atoms with Gasteiger partial charge < -0.3 is 24.4 Å². The molecule has 1 fully saturated rings. The van der Waals surface area contributed by atoms with Crippen molar-refractivity contribution in [3.05, 3.63) is 47.0 Å². The Bertz CT molecular complexity index is 1110. The molecule has 2 aromatic rings. The Morgan fingerprint density at radius 3 is 2.58 bits per heavy atom.